The predicted octanol–water partition coefficient (Wildman–Crippen LogP) is -0.631. The smallest absolute Gasteiger partial charge is 0.273 e. The highest BCUT2D eigenvalue weighted by Crippen LogP contribution is 2.06. The number of rotatable bonds is 3. The van der Waals surface area contributed by atoms with E-state index in [1.807, 2.05) is 6.92 Å². The SMILES string of the molecule is CCCn1nnc(C(N)=O)c1N. The van der Waals surface area contributed by atoms with E-state index in [9.17, 15) is 4.79 Å². The van der Waals surface area contributed by atoms with Crippen LogP contribution in [0.5, 0.6) is 0 Å². The zero-order valence-corrected chi connectivity index (χ0v) is 6.82. The van der Waals surface area contributed by atoms with Crippen molar-refractivity contribution in [2.75, 3.05) is 5.73 Å². The molecule has 0 spiro atoms. The number of primary amides is 1. The Balaban J connectivity index is 2.96. The van der Waals surface area contributed by atoms with Crippen LogP contribution in [0.1, 0.15) is 23.8 Å². The fourth-order valence-electron chi connectivity index (χ4n) is 0.873. The molecule has 1 amide bonds. The lowest BCUT2D eigenvalue weighted by molar-refractivity contribution is 0.0996. The molecule has 0 aliphatic rings. The molecule has 1 rings (SSSR count). The van der Waals surface area contributed by atoms with Gasteiger partial charge in [-0.1, -0.05) is 12.1 Å². The number of hydrogen-bond donors (Lipinski definition) is 2. The van der Waals surface area contributed by atoms with Gasteiger partial charge in [-0.15, -0.1) is 5.10 Å². The van der Waals surface area contributed by atoms with E-state index >= 15 is 0 Å². The van der Waals surface area contributed by atoms with Gasteiger partial charge in [0.25, 0.3) is 5.91 Å². The number of aromatic nitrogens is 3. The third kappa shape index (κ3) is 1.36. The molecule has 0 unspecified atom stereocenters. The second-order valence-electron chi connectivity index (χ2n) is 2.41. The predicted molar refractivity (Wildman–Crippen MR) is 43.2 cm³/mol. The lowest BCUT2D eigenvalue weighted by atomic mass is 10.4. The van der Waals surface area contributed by atoms with Crippen molar-refractivity contribution in [2.24, 2.45) is 5.73 Å². The molecule has 12 heavy (non-hydrogen) atoms. The minimum Gasteiger partial charge on any atom is -0.382 e. The minimum atomic E-state index is -0.644. The van der Waals surface area contributed by atoms with E-state index in [0.29, 0.717) is 6.54 Å². The Kier molecular flexibility index (Phi) is 2.27. The number of amides is 1. The second-order valence-corrected chi connectivity index (χ2v) is 2.41. The standard InChI is InChI=1S/C6H11N5O/c1-2-3-11-5(7)4(6(8)12)9-10-11/h2-3,7H2,1H3,(H2,8,12). The summed E-state index contributed by atoms with van der Waals surface area (Å²) in [6.07, 6.45) is 0.881. The summed E-state index contributed by atoms with van der Waals surface area (Å²) < 4.78 is 1.46. The Morgan fingerprint density at radius 2 is 2.33 bits per heavy atom. The molecule has 0 saturated heterocycles. The molecule has 1 aromatic heterocycles. The number of hydrogen-bond acceptors (Lipinski definition) is 4. The number of aryl methyl sites for hydroxylation is 1. The highest BCUT2D eigenvalue weighted by Gasteiger charge is 2.12. The maximum atomic E-state index is 10.7. The number of carbonyl (C=O) groups excluding carboxylic acids is 1. The molecule has 0 aliphatic carbocycles. The van der Waals surface area contributed by atoms with E-state index in [1.165, 1.54) is 4.68 Å². The number of anilines is 1. The van der Waals surface area contributed by atoms with Crippen molar-refractivity contribution in [1.82, 2.24) is 15.0 Å². The van der Waals surface area contributed by atoms with Gasteiger partial charge in [-0.25, -0.2) is 4.68 Å². The summed E-state index contributed by atoms with van der Waals surface area (Å²) in [5.74, 6) is -0.404. The monoisotopic (exact) mass is 169 g/mol. The van der Waals surface area contributed by atoms with Crippen molar-refractivity contribution in [3.05, 3.63) is 5.69 Å². The summed E-state index contributed by atoms with van der Waals surface area (Å²) in [5.41, 5.74) is 10.6. The van der Waals surface area contributed by atoms with Gasteiger partial charge in [0.15, 0.2) is 11.5 Å². The molecular formula is C6H11N5O. The fourth-order valence-corrected chi connectivity index (χ4v) is 0.873. The van der Waals surface area contributed by atoms with Crippen molar-refractivity contribution in [3.63, 3.8) is 0 Å². The van der Waals surface area contributed by atoms with Crippen LogP contribution in [0.15, 0.2) is 0 Å². The Morgan fingerprint density at radius 3 is 2.75 bits per heavy atom. The van der Waals surface area contributed by atoms with Gasteiger partial charge in [-0.05, 0) is 6.42 Å². The number of nitrogens with zero attached hydrogens (tertiary/aromatic N) is 3. The zero-order valence-electron chi connectivity index (χ0n) is 6.82. The van der Waals surface area contributed by atoms with E-state index in [4.69, 9.17) is 11.5 Å². The molecule has 1 heterocycles. The lowest BCUT2D eigenvalue weighted by Gasteiger charge is -1.98. The molecule has 6 heteroatoms. The van der Waals surface area contributed by atoms with Gasteiger partial charge in [0.1, 0.15) is 0 Å². The van der Waals surface area contributed by atoms with Crippen molar-refractivity contribution < 1.29 is 4.79 Å². The summed E-state index contributed by atoms with van der Waals surface area (Å²) in [6, 6.07) is 0. The first-order valence-corrected chi connectivity index (χ1v) is 3.65. The third-order valence-electron chi connectivity index (χ3n) is 1.44. The first-order chi connectivity index (χ1) is 5.66. The van der Waals surface area contributed by atoms with Crippen molar-refractivity contribution >= 4 is 11.7 Å². The van der Waals surface area contributed by atoms with Crippen LogP contribution >= 0.6 is 0 Å². The van der Waals surface area contributed by atoms with Crippen LogP contribution in [0.25, 0.3) is 0 Å². The topological polar surface area (TPSA) is 99.8 Å². The Bertz CT molecular complexity index is 292. The van der Waals surface area contributed by atoms with Crippen LogP contribution in [-0.4, -0.2) is 20.9 Å². The van der Waals surface area contributed by atoms with Crippen molar-refractivity contribution in [1.29, 1.82) is 0 Å². The first kappa shape index (κ1) is 8.51. The molecule has 0 aromatic carbocycles. The maximum absolute atomic E-state index is 10.7. The summed E-state index contributed by atoms with van der Waals surface area (Å²) in [7, 11) is 0. The van der Waals surface area contributed by atoms with Crippen LogP contribution in [-0.2, 0) is 6.54 Å². The van der Waals surface area contributed by atoms with E-state index < -0.39 is 5.91 Å². The molecule has 0 saturated carbocycles. The molecule has 6 nitrogen and oxygen atoms in total. The highest BCUT2D eigenvalue weighted by molar-refractivity contribution is 5.94. The molecule has 0 aliphatic heterocycles. The average molecular weight is 169 g/mol. The number of nitrogen functional groups attached to an aromatic ring is 1. The molecule has 0 bridgehead atoms. The second kappa shape index (κ2) is 3.21. The Morgan fingerprint density at radius 1 is 1.67 bits per heavy atom. The quantitative estimate of drug-likeness (QED) is 0.629. The van der Waals surface area contributed by atoms with Gasteiger partial charge in [0.2, 0.25) is 0 Å². The molecule has 66 valence electrons. The first-order valence-electron chi connectivity index (χ1n) is 3.65. The summed E-state index contributed by atoms with van der Waals surface area (Å²) in [6.45, 7) is 2.62. The lowest BCUT2D eigenvalue weighted by Crippen LogP contribution is -2.14. The van der Waals surface area contributed by atoms with Crippen LogP contribution in [0.2, 0.25) is 0 Å². The number of nitrogens with two attached hydrogens (primary N) is 2. The normalized spacial score (nSPS) is 10.1. The van der Waals surface area contributed by atoms with Crippen LogP contribution in [0.4, 0.5) is 5.82 Å². The van der Waals surface area contributed by atoms with E-state index in [2.05, 4.69) is 10.3 Å². The third-order valence-corrected chi connectivity index (χ3v) is 1.44. The van der Waals surface area contributed by atoms with Gasteiger partial charge in [0.05, 0.1) is 0 Å². The fraction of sp³-hybridized carbons (Fsp3) is 0.500. The minimum absolute atomic E-state index is 0.0449. The van der Waals surface area contributed by atoms with Crippen LogP contribution < -0.4 is 11.5 Å². The van der Waals surface area contributed by atoms with E-state index in [0.717, 1.165) is 6.42 Å². The van der Waals surface area contributed by atoms with Gasteiger partial charge < -0.3 is 11.5 Å². The Hall–Kier alpha value is -1.59. The highest BCUT2D eigenvalue weighted by atomic mass is 16.1. The van der Waals surface area contributed by atoms with Gasteiger partial charge in [0, 0.05) is 6.54 Å². The van der Waals surface area contributed by atoms with E-state index in [1.54, 1.807) is 0 Å². The van der Waals surface area contributed by atoms with E-state index in [-0.39, 0.29) is 11.5 Å². The van der Waals surface area contributed by atoms with Gasteiger partial charge in [-0.3, -0.25) is 4.79 Å². The zero-order chi connectivity index (χ0) is 9.14. The molecule has 1 aromatic rings. The summed E-state index contributed by atoms with van der Waals surface area (Å²) in [5, 5.41) is 7.21. The van der Waals surface area contributed by atoms with Gasteiger partial charge in [-0.2, -0.15) is 0 Å². The number of carbonyl (C=O) groups is 1. The molecule has 4 N–H and O–H groups in total. The largest absolute Gasteiger partial charge is 0.382 e. The average Bonchev–Trinajstić information content (AvgIpc) is 2.34. The Labute approximate surface area is 69.5 Å². The van der Waals surface area contributed by atoms with Crippen molar-refractivity contribution in [3.8, 4) is 0 Å². The molecular weight excluding hydrogens is 158 g/mol. The van der Waals surface area contributed by atoms with Crippen molar-refractivity contribution in [2.45, 2.75) is 19.9 Å². The van der Waals surface area contributed by atoms with Gasteiger partial charge >= 0.3 is 0 Å². The maximum Gasteiger partial charge on any atom is 0.273 e. The van der Waals surface area contributed by atoms with Crippen LogP contribution in [0.3, 0.4) is 0 Å². The van der Waals surface area contributed by atoms with Crippen LogP contribution in [0, 0.1) is 0 Å². The molecule has 0 atom stereocenters. The molecule has 0 radical (unpaired) electrons. The summed E-state index contributed by atoms with van der Waals surface area (Å²) >= 11 is 0. The molecule has 0 fully saturated rings. The summed E-state index contributed by atoms with van der Waals surface area (Å²) in [4.78, 5) is 10.7.